The fourth-order valence-electron chi connectivity index (χ4n) is 13.9. The molecule has 113 heavy (non-hydrogen) atoms. The molecule has 5 aromatic carbocycles. The second kappa shape index (κ2) is 38.3. The van der Waals surface area contributed by atoms with E-state index in [9.17, 15) is 84.7 Å². The number of nitrogens with one attached hydrogen (secondary N) is 4. The summed E-state index contributed by atoms with van der Waals surface area (Å²) in [6.07, 6.45) is 13.0. The minimum absolute atomic E-state index is 0.00890. The van der Waals surface area contributed by atoms with Gasteiger partial charge in [-0.1, -0.05) is 62.3 Å². The fourth-order valence-corrected chi connectivity index (χ4v) is 18.2. The first kappa shape index (κ1) is 89.4. The van der Waals surface area contributed by atoms with Crippen molar-refractivity contribution in [2.45, 2.75) is 154 Å². The van der Waals surface area contributed by atoms with E-state index in [1.807, 2.05) is 56.2 Å². The van der Waals surface area contributed by atoms with Gasteiger partial charge in [-0.2, -0.15) is 34.1 Å². The lowest BCUT2D eigenvalue weighted by atomic mass is 9.79. The van der Waals surface area contributed by atoms with Crippen LogP contribution in [0.1, 0.15) is 110 Å². The van der Waals surface area contributed by atoms with Crippen molar-refractivity contribution in [3.05, 3.63) is 142 Å². The number of likely N-dealkylation sites (N-methyl/N-ethyl adjacent to an activating group) is 1. The van der Waals surface area contributed by atoms with Gasteiger partial charge >= 0.3 is 0 Å². The van der Waals surface area contributed by atoms with Gasteiger partial charge in [-0.3, -0.25) is 38.0 Å². The summed E-state index contributed by atoms with van der Waals surface area (Å²) in [6, 6.07) is 13.1. The van der Waals surface area contributed by atoms with Gasteiger partial charge in [0.25, 0.3) is 36.3 Å². The van der Waals surface area contributed by atoms with Crippen molar-refractivity contribution in [3.63, 3.8) is 0 Å². The Labute approximate surface area is 655 Å². The third kappa shape index (κ3) is 22.2. The van der Waals surface area contributed by atoms with Crippen molar-refractivity contribution in [2.24, 2.45) is 11.0 Å². The molecule has 2 atom stereocenters. The first-order valence-corrected chi connectivity index (χ1v) is 43.0. The summed E-state index contributed by atoms with van der Waals surface area (Å²) in [4.78, 5) is 53.2. The summed E-state index contributed by atoms with van der Waals surface area (Å²) < 4.78 is 198. The largest absolute Gasteiger partial charge is 0.744 e. The number of benzene rings is 5. The van der Waals surface area contributed by atoms with E-state index in [1.54, 1.807) is 49.7 Å². The van der Waals surface area contributed by atoms with Crippen LogP contribution in [0.2, 0.25) is 0 Å². The van der Waals surface area contributed by atoms with Crippen LogP contribution in [-0.2, 0) is 108 Å². The van der Waals surface area contributed by atoms with E-state index in [1.165, 1.54) is 54.4 Å². The van der Waals surface area contributed by atoms with Gasteiger partial charge in [-0.25, -0.2) is 27.0 Å². The minimum Gasteiger partial charge on any atom is -0.744 e. The summed E-state index contributed by atoms with van der Waals surface area (Å²) >= 11 is 0. The average Bonchev–Trinajstić information content (AvgIpc) is 1.59. The van der Waals surface area contributed by atoms with Crippen molar-refractivity contribution in [2.75, 3.05) is 84.4 Å². The number of amides is 4. The third-order valence-corrected chi connectivity index (χ3v) is 24.4. The number of fused-ring (bicyclic) bond motifs is 6. The number of nitrogens with zero attached hydrogens (tertiary/aromatic N) is 9. The van der Waals surface area contributed by atoms with E-state index in [0.717, 1.165) is 16.4 Å². The molecular formula is C72H93N13O23S5. The molecule has 0 saturated heterocycles. The molecule has 0 saturated carbocycles. The molecule has 8 N–H and O–H groups in total. The molecule has 8 rings (SSSR count). The van der Waals surface area contributed by atoms with Crippen LogP contribution in [0.15, 0.2) is 145 Å². The highest BCUT2D eigenvalue weighted by Gasteiger charge is 2.47. The Morgan fingerprint density at radius 2 is 1.33 bits per heavy atom. The van der Waals surface area contributed by atoms with E-state index in [-0.39, 0.29) is 117 Å². The molecule has 2 aliphatic heterocycles. The molecule has 41 heteroatoms. The SMILES string of the molecule is CCN1\C(=C/C=C/C=C/C2=[N+](CCCCCC(=O)NCCCC[C@H](NC(=O)CN=[N+]=[N-])C(=O)NCCOCCOCCOCCn3cc(CN([C@@H](C(=O)NO)C(C)C)S(=O)(=O)c4ccc(OC)cc4)nn3)c3ccc4c(S(=O)(=O)O)cc(S(=O)(=O)O)cc4c3C2(C)C)C(C)(C)c2c1ccc1c(S(=O)(=O)[O-])cc(S(=O)(=O)O)cc21. The summed E-state index contributed by atoms with van der Waals surface area (Å²) in [6.45, 7) is 14.0. The first-order chi connectivity index (χ1) is 53.2. The number of carbonyl (C=O) groups excluding carboxylic acids is 4. The maximum absolute atomic E-state index is 13.9. The Balaban J connectivity index is 0.808. The zero-order valence-corrected chi connectivity index (χ0v) is 67.5. The number of aromatic nitrogens is 3. The van der Waals surface area contributed by atoms with Crippen molar-refractivity contribution >= 4 is 113 Å². The second-order valence-corrected chi connectivity index (χ2v) is 35.3. The van der Waals surface area contributed by atoms with Crippen molar-refractivity contribution < 1.29 is 108 Å². The van der Waals surface area contributed by atoms with Gasteiger partial charge in [0, 0.05) is 83.5 Å². The molecule has 0 spiro atoms. The van der Waals surface area contributed by atoms with Crippen LogP contribution in [0.25, 0.3) is 32.0 Å². The Morgan fingerprint density at radius 3 is 1.94 bits per heavy atom. The zero-order chi connectivity index (χ0) is 83.0. The van der Waals surface area contributed by atoms with E-state index < -0.39 is 123 Å². The number of hydrogen-bond donors (Lipinski definition) is 8. The van der Waals surface area contributed by atoms with Gasteiger partial charge in [-0.05, 0) is 153 Å². The van der Waals surface area contributed by atoms with Gasteiger partial charge in [0.05, 0.1) is 90.5 Å². The number of unbranched alkanes of at least 4 members (excludes halogenated alkanes) is 3. The predicted molar refractivity (Wildman–Crippen MR) is 412 cm³/mol. The number of azide groups is 1. The molecule has 4 amide bonds. The lowest BCUT2D eigenvalue weighted by molar-refractivity contribution is -0.438. The Hall–Kier alpha value is -9.17. The molecular weight excluding hydrogens is 1580 g/mol. The van der Waals surface area contributed by atoms with Gasteiger partial charge in [0.15, 0.2) is 5.71 Å². The van der Waals surface area contributed by atoms with Crippen LogP contribution in [0, 0.1) is 5.92 Å². The molecule has 6 aromatic rings. The lowest BCUT2D eigenvalue weighted by Gasteiger charge is -2.31. The summed E-state index contributed by atoms with van der Waals surface area (Å²) in [5.41, 5.74) is 12.1. The molecule has 614 valence electrons. The number of hydroxylamine groups is 1. The topological polar surface area (TPSA) is 517 Å². The smallest absolute Gasteiger partial charge is 0.295 e. The number of rotatable bonds is 43. The molecule has 0 fully saturated rings. The average molecular weight is 1670 g/mol. The standard InChI is InChI=1S/C72H93N13O23S5/c1-9-83-58-28-26-53-55(40-51(110(93,94)95)42-60(53)112(99,100)101)66(58)71(4,5)62(83)19-12-10-13-20-63-72(6,7)67-56-41-52(111(96,97)98)43-61(113(102,103)104)54(56)27-29-59(67)84(63)32-17-11-14-21-64(86)74-30-16-15-18-57(77-65(87)44-76-80-73)69(88)75-31-34-106-36-38-108-39-37-107-35-33-82-45-48(78-81-82)46-85(68(47(2)3)70(89)79-90)109(91,92)50-24-22-49(105-8)23-25-50/h10,12-13,19-20,22-29,40-43,45,47,57,68H,9,11,14-18,21,30-39,44,46H2,1-8H3,(H8-,74,75,77,78,79,81,86,87,88,89,90,93,94,95,96,97,98,99,100,101,102,103,104)/t57-,68+/m0/s1. The van der Waals surface area contributed by atoms with Crippen LogP contribution in [0.5, 0.6) is 5.75 Å². The molecule has 2 aliphatic rings. The van der Waals surface area contributed by atoms with E-state index >= 15 is 0 Å². The number of carbonyl (C=O) groups is 4. The van der Waals surface area contributed by atoms with Crippen LogP contribution >= 0.6 is 0 Å². The number of sulfonamides is 1. The van der Waals surface area contributed by atoms with E-state index in [2.05, 4.69) is 36.3 Å². The van der Waals surface area contributed by atoms with Crippen molar-refractivity contribution in [1.82, 2.24) is 40.7 Å². The number of hydrogen-bond acceptors (Lipinski definition) is 24. The quantitative estimate of drug-likeness (QED) is 0.00228. The molecule has 36 nitrogen and oxygen atoms in total. The monoisotopic (exact) mass is 1670 g/mol. The third-order valence-electron chi connectivity index (χ3n) is 19.1. The number of allylic oxidation sites excluding steroid dienone is 6. The van der Waals surface area contributed by atoms with Gasteiger partial charge in [0.1, 0.15) is 45.9 Å². The second-order valence-electron chi connectivity index (χ2n) is 27.8. The highest BCUT2D eigenvalue weighted by atomic mass is 32.2. The lowest BCUT2D eigenvalue weighted by Crippen LogP contribution is -2.51. The zero-order valence-electron chi connectivity index (χ0n) is 63.4. The van der Waals surface area contributed by atoms with Crippen molar-refractivity contribution in [3.8, 4) is 5.75 Å². The molecule has 0 aliphatic carbocycles. The van der Waals surface area contributed by atoms with Crippen LogP contribution in [0.3, 0.4) is 0 Å². The van der Waals surface area contributed by atoms with Crippen LogP contribution < -0.4 is 31.1 Å². The van der Waals surface area contributed by atoms with Crippen LogP contribution in [0.4, 0.5) is 11.4 Å². The highest BCUT2D eigenvalue weighted by molar-refractivity contribution is 7.89. The number of methoxy groups -OCH3 is 1. The van der Waals surface area contributed by atoms with Gasteiger partial charge < -0.3 is 44.4 Å². The Bertz CT molecular complexity index is 5320. The summed E-state index contributed by atoms with van der Waals surface area (Å²) in [5.74, 6) is -2.49. The number of anilines is 1. The summed E-state index contributed by atoms with van der Waals surface area (Å²) in [7, 11) is -23.1. The van der Waals surface area contributed by atoms with Gasteiger partial charge in [0.2, 0.25) is 33.4 Å². The van der Waals surface area contributed by atoms with E-state index in [0.29, 0.717) is 97.0 Å². The summed E-state index contributed by atoms with van der Waals surface area (Å²) in [5, 5.41) is 29.4. The Kier molecular flexibility index (Phi) is 30.3. The normalized spacial score (nSPS) is 15.3. The fraction of sp³-hybridized carbons (Fsp3) is 0.458. The highest BCUT2D eigenvalue weighted by Crippen LogP contribution is 2.52. The van der Waals surface area contributed by atoms with Gasteiger partial charge in [-0.15, -0.1) is 5.10 Å². The molecule has 0 unspecified atom stereocenters. The molecule has 0 radical (unpaired) electrons. The first-order valence-electron chi connectivity index (χ1n) is 35.9. The molecule has 1 aromatic heterocycles. The van der Waals surface area contributed by atoms with E-state index in [4.69, 9.17) is 24.5 Å². The Morgan fingerprint density at radius 1 is 0.699 bits per heavy atom. The van der Waals surface area contributed by atoms with Crippen LogP contribution in [-0.4, -0.2) is 210 Å². The van der Waals surface area contributed by atoms with Crippen molar-refractivity contribution in [1.29, 1.82) is 0 Å². The molecule has 0 bridgehead atoms. The maximum atomic E-state index is 13.9. The molecule has 3 heterocycles. The number of ether oxygens (including phenoxy) is 4. The minimum atomic E-state index is -5.22. The predicted octanol–water partition coefficient (Wildman–Crippen LogP) is 6.66. The maximum Gasteiger partial charge on any atom is 0.295 e.